The van der Waals surface area contributed by atoms with Crippen LogP contribution in [0.2, 0.25) is 5.15 Å². The van der Waals surface area contributed by atoms with Crippen LogP contribution in [0.5, 0.6) is 0 Å². The molecular weight excluding hydrogens is 350 g/mol. The second-order valence-corrected chi connectivity index (χ2v) is 8.41. The Labute approximate surface area is 160 Å². The van der Waals surface area contributed by atoms with Crippen LogP contribution >= 0.6 is 11.6 Å². The van der Waals surface area contributed by atoms with Crippen LogP contribution in [-0.4, -0.2) is 54.7 Å². The van der Waals surface area contributed by atoms with E-state index in [0.717, 1.165) is 64.1 Å². The highest BCUT2D eigenvalue weighted by atomic mass is 35.5. The second kappa shape index (κ2) is 7.73. The maximum absolute atomic E-state index is 12.4. The molecule has 3 heterocycles. The lowest BCUT2D eigenvalue weighted by Crippen LogP contribution is -2.47. The van der Waals surface area contributed by atoms with Gasteiger partial charge in [-0.1, -0.05) is 30.9 Å². The summed E-state index contributed by atoms with van der Waals surface area (Å²) in [6, 6.07) is 3.95. The normalized spacial score (nSPS) is 26.3. The molecule has 142 valence electrons. The van der Waals surface area contributed by atoms with Crippen molar-refractivity contribution >= 4 is 23.3 Å². The van der Waals surface area contributed by atoms with Crippen molar-refractivity contribution in [3.05, 3.63) is 23.5 Å². The first-order valence-electron chi connectivity index (χ1n) is 9.95. The number of hydrogen-bond donors (Lipinski definition) is 0. The van der Waals surface area contributed by atoms with Gasteiger partial charge in [0, 0.05) is 51.0 Å². The van der Waals surface area contributed by atoms with Crippen LogP contribution in [0.15, 0.2) is 18.3 Å². The molecule has 0 aromatic carbocycles. The van der Waals surface area contributed by atoms with Gasteiger partial charge in [0.2, 0.25) is 0 Å². The van der Waals surface area contributed by atoms with Crippen LogP contribution in [0, 0.1) is 5.41 Å². The van der Waals surface area contributed by atoms with Crippen LogP contribution in [0.1, 0.15) is 44.9 Å². The van der Waals surface area contributed by atoms with Crippen molar-refractivity contribution < 1.29 is 9.53 Å². The van der Waals surface area contributed by atoms with Crippen molar-refractivity contribution in [2.24, 2.45) is 5.41 Å². The molecule has 0 bridgehead atoms. The molecule has 3 aliphatic rings. The Morgan fingerprint density at radius 1 is 1.19 bits per heavy atom. The van der Waals surface area contributed by atoms with Gasteiger partial charge in [-0.25, -0.2) is 4.98 Å². The van der Waals surface area contributed by atoms with Gasteiger partial charge in [-0.3, -0.25) is 9.69 Å². The van der Waals surface area contributed by atoms with Gasteiger partial charge in [0.15, 0.2) is 0 Å². The number of piperazine rings is 1. The first-order chi connectivity index (χ1) is 12.6. The lowest BCUT2D eigenvalue weighted by atomic mass is 9.72. The molecule has 1 aromatic rings. The first-order valence-corrected chi connectivity index (χ1v) is 10.3. The smallest absolute Gasteiger partial charge is 0.312 e. The number of hydrogen-bond acceptors (Lipinski definition) is 5. The highest BCUT2D eigenvalue weighted by Crippen LogP contribution is 2.46. The standard InChI is InChI=1S/C20H28ClN3O2/c21-18-14-16(4-8-22-18)24-12-10-23(11-13-24)9-5-17-15-20(19(25)26-17)6-2-1-3-7-20/h4,8,14,17H,1-3,5-7,9-13,15H2/t17-/m0/s1. The molecule has 0 radical (unpaired) electrons. The van der Waals surface area contributed by atoms with Crippen LogP contribution in [0.3, 0.4) is 0 Å². The minimum atomic E-state index is -0.137. The summed E-state index contributed by atoms with van der Waals surface area (Å²) < 4.78 is 5.75. The van der Waals surface area contributed by atoms with Gasteiger partial charge in [0.05, 0.1) is 5.41 Å². The van der Waals surface area contributed by atoms with Crippen molar-refractivity contribution in [2.45, 2.75) is 51.0 Å². The second-order valence-electron chi connectivity index (χ2n) is 8.03. The van der Waals surface area contributed by atoms with Gasteiger partial charge in [-0.2, -0.15) is 0 Å². The Morgan fingerprint density at radius 3 is 2.69 bits per heavy atom. The molecule has 0 N–H and O–H groups in total. The third-order valence-electron chi connectivity index (χ3n) is 6.35. The van der Waals surface area contributed by atoms with Gasteiger partial charge < -0.3 is 9.64 Å². The van der Waals surface area contributed by atoms with E-state index in [-0.39, 0.29) is 17.5 Å². The fourth-order valence-corrected chi connectivity index (χ4v) is 4.95. The fourth-order valence-electron chi connectivity index (χ4n) is 4.78. The lowest BCUT2D eigenvalue weighted by molar-refractivity contribution is -0.150. The average Bonchev–Trinajstić information content (AvgIpc) is 2.96. The van der Waals surface area contributed by atoms with Crippen molar-refractivity contribution in [2.75, 3.05) is 37.6 Å². The van der Waals surface area contributed by atoms with Gasteiger partial charge in [0.1, 0.15) is 11.3 Å². The number of esters is 1. The third-order valence-corrected chi connectivity index (χ3v) is 6.56. The fraction of sp³-hybridized carbons (Fsp3) is 0.700. The van der Waals surface area contributed by atoms with E-state index in [9.17, 15) is 4.79 Å². The summed E-state index contributed by atoms with van der Waals surface area (Å²) in [4.78, 5) is 21.3. The van der Waals surface area contributed by atoms with Crippen molar-refractivity contribution in [1.29, 1.82) is 0 Å². The van der Waals surface area contributed by atoms with Crippen molar-refractivity contribution in [1.82, 2.24) is 9.88 Å². The molecule has 26 heavy (non-hydrogen) atoms. The van der Waals surface area contributed by atoms with E-state index in [4.69, 9.17) is 16.3 Å². The number of nitrogens with zero attached hydrogens (tertiary/aromatic N) is 3. The van der Waals surface area contributed by atoms with Crippen LogP contribution in [-0.2, 0) is 9.53 Å². The highest BCUT2D eigenvalue weighted by molar-refractivity contribution is 6.29. The number of carbonyl (C=O) groups is 1. The molecule has 2 aliphatic heterocycles. The van der Waals surface area contributed by atoms with Crippen LogP contribution in [0.4, 0.5) is 5.69 Å². The number of rotatable bonds is 4. The molecule has 6 heteroatoms. The zero-order chi connectivity index (χ0) is 18.0. The number of ether oxygens (including phenoxy) is 1. The van der Waals surface area contributed by atoms with E-state index in [1.54, 1.807) is 6.20 Å². The Balaban J connectivity index is 1.24. The van der Waals surface area contributed by atoms with Gasteiger partial charge in [0.25, 0.3) is 0 Å². The molecule has 2 saturated heterocycles. The summed E-state index contributed by atoms with van der Waals surface area (Å²) in [6.45, 7) is 5.07. The lowest BCUT2D eigenvalue weighted by Gasteiger charge is -2.36. The molecule has 5 nitrogen and oxygen atoms in total. The molecular formula is C20H28ClN3O2. The Morgan fingerprint density at radius 2 is 1.96 bits per heavy atom. The SMILES string of the molecule is O=C1O[C@@H](CCN2CCN(c3ccnc(Cl)c3)CC2)CC12CCCCC2. The zero-order valence-electron chi connectivity index (χ0n) is 15.3. The van der Waals surface area contributed by atoms with Crippen LogP contribution < -0.4 is 4.90 Å². The summed E-state index contributed by atoms with van der Waals surface area (Å²) >= 11 is 6.00. The number of halogens is 1. The Kier molecular flexibility index (Phi) is 5.37. The molecule has 1 aromatic heterocycles. The van der Waals surface area contributed by atoms with E-state index >= 15 is 0 Å². The van der Waals surface area contributed by atoms with Crippen LogP contribution in [0.25, 0.3) is 0 Å². The third kappa shape index (κ3) is 3.84. The predicted octanol–water partition coefficient (Wildman–Crippen LogP) is 3.51. The van der Waals surface area contributed by atoms with Gasteiger partial charge in [-0.05, 0) is 31.4 Å². The van der Waals surface area contributed by atoms with Crippen molar-refractivity contribution in [3.8, 4) is 0 Å². The highest BCUT2D eigenvalue weighted by Gasteiger charge is 2.48. The molecule has 1 aliphatic carbocycles. The quantitative estimate of drug-likeness (QED) is 0.593. The van der Waals surface area contributed by atoms with E-state index in [1.807, 2.05) is 12.1 Å². The summed E-state index contributed by atoms with van der Waals surface area (Å²) in [5.74, 6) is 0.0848. The monoisotopic (exact) mass is 377 g/mol. The van der Waals surface area contributed by atoms with E-state index in [0.29, 0.717) is 5.15 Å². The minimum Gasteiger partial charge on any atom is -0.462 e. The average molecular weight is 378 g/mol. The number of anilines is 1. The van der Waals surface area contributed by atoms with E-state index in [2.05, 4.69) is 14.8 Å². The predicted molar refractivity (Wildman–Crippen MR) is 103 cm³/mol. The first kappa shape index (κ1) is 18.1. The molecule has 3 fully saturated rings. The summed E-state index contributed by atoms with van der Waals surface area (Å²) in [5.41, 5.74) is 1.01. The number of carbonyl (C=O) groups excluding carboxylic acids is 1. The molecule has 1 spiro atoms. The Bertz CT molecular complexity index is 640. The van der Waals surface area contributed by atoms with E-state index < -0.39 is 0 Å². The minimum absolute atomic E-state index is 0.0848. The number of cyclic esters (lactones) is 1. The Hall–Kier alpha value is -1.33. The molecule has 4 rings (SSSR count). The number of aromatic nitrogens is 1. The summed E-state index contributed by atoms with van der Waals surface area (Å²) in [7, 11) is 0. The molecule has 1 saturated carbocycles. The topological polar surface area (TPSA) is 45.7 Å². The van der Waals surface area contributed by atoms with Gasteiger partial charge >= 0.3 is 5.97 Å². The summed E-state index contributed by atoms with van der Waals surface area (Å²) in [6.07, 6.45) is 9.51. The molecule has 0 unspecified atom stereocenters. The summed E-state index contributed by atoms with van der Waals surface area (Å²) in [5, 5.41) is 0.546. The largest absolute Gasteiger partial charge is 0.462 e. The van der Waals surface area contributed by atoms with E-state index in [1.165, 1.54) is 19.3 Å². The maximum atomic E-state index is 12.4. The van der Waals surface area contributed by atoms with Crippen molar-refractivity contribution in [3.63, 3.8) is 0 Å². The molecule has 1 atom stereocenters. The number of pyridine rings is 1. The maximum Gasteiger partial charge on any atom is 0.312 e. The molecule has 0 amide bonds. The van der Waals surface area contributed by atoms with Gasteiger partial charge in [-0.15, -0.1) is 0 Å². The zero-order valence-corrected chi connectivity index (χ0v) is 16.1.